The van der Waals surface area contributed by atoms with Gasteiger partial charge in [-0.1, -0.05) is 41.6 Å². The van der Waals surface area contributed by atoms with Gasteiger partial charge < -0.3 is 10.5 Å². The number of nitrogens with two attached hydrogens (primary N) is 1. The van der Waals surface area contributed by atoms with Gasteiger partial charge in [0.05, 0.1) is 12.1 Å². The van der Waals surface area contributed by atoms with Crippen LogP contribution in [0.1, 0.15) is 5.56 Å². The van der Waals surface area contributed by atoms with Crippen LogP contribution in [0, 0.1) is 0 Å². The molecular formula is C15H16ClNOS. The highest BCUT2D eigenvalue weighted by atomic mass is 35.5. The van der Waals surface area contributed by atoms with Gasteiger partial charge in [0.25, 0.3) is 0 Å². The summed E-state index contributed by atoms with van der Waals surface area (Å²) in [6.45, 7) is 0.617. The van der Waals surface area contributed by atoms with Crippen LogP contribution in [0.3, 0.4) is 0 Å². The van der Waals surface area contributed by atoms with Crippen LogP contribution in [-0.4, -0.2) is 13.7 Å². The van der Waals surface area contributed by atoms with Crippen molar-refractivity contribution in [3.05, 3.63) is 53.1 Å². The Morgan fingerprint density at radius 1 is 1.21 bits per heavy atom. The third-order valence-corrected chi connectivity index (χ3v) is 4.33. The molecule has 19 heavy (non-hydrogen) atoms. The molecule has 2 aromatic carbocycles. The minimum Gasteiger partial charge on any atom is -0.497 e. The molecule has 2 rings (SSSR count). The van der Waals surface area contributed by atoms with E-state index in [2.05, 4.69) is 6.07 Å². The van der Waals surface area contributed by atoms with Gasteiger partial charge >= 0.3 is 0 Å². The zero-order valence-corrected chi connectivity index (χ0v) is 12.3. The minimum atomic E-state index is 0.617. The van der Waals surface area contributed by atoms with Crippen LogP contribution in [0.2, 0.25) is 5.02 Å². The molecular weight excluding hydrogens is 278 g/mol. The first kappa shape index (κ1) is 14.3. The van der Waals surface area contributed by atoms with Crippen molar-refractivity contribution in [3.8, 4) is 5.75 Å². The standard InChI is InChI=1S/C15H16ClNOS/c1-18-12-5-3-6-13(10-12)19-15-11(8-9-17)4-2-7-14(15)16/h2-7,10H,8-9,17H2,1H3. The van der Waals surface area contributed by atoms with Gasteiger partial charge in [-0.3, -0.25) is 0 Å². The molecule has 2 aromatic rings. The molecule has 0 unspecified atom stereocenters. The fraction of sp³-hybridized carbons (Fsp3) is 0.200. The van der Waals surface area contributed by atoms with E-state index < -0.39 is 0 Å². The Hall–Kier alpha value is -1.16. The molecule has 0 bridgehead atoms. The first-order valence-corrected chi connectivity index (χ1v) is 7.23. The summed E-state index contributed by atoms with van der Waals surface area (Å²) in [7, 11) is 1.67. The lowest BCUT2D eigenvalue weighted by Crippen LogP contribution is -2.03. The first-order chi connectivity index (χ1) is 9.24. The van der Waals surface area contributed by atoms with E-state index in [9.17, 15) is 0 Å². The Morgan fingerprint density at radius 3 is 2.74 bits per heavy atom. The van der Waals surface area contributed by atoms with E-state index in [0.717, 1.165) is 27.0 Å². The van der Waals surface area contributed by atoms with Crippen LogP contribution in [-0.2, 0) is 6.42 Å². The molecule has 0 atom stereocenters. The molecule has 2 N–H and O–H groups in total. The Kier molecular flexibility index (Phi) is 5.14. The summed E-state index contributed by atoms with van der Waals surface area (Å²) in [5.74, 6) is 0.845. The maximum Gasteiger partial charge on any atom is 0.119 e. The average Bonchev–Trinajstić information content (AvgIpc) is 2.43. The van der Waals surface area contributed by atoms with Gasteiger partial charge in [-0.15, -0.1) is 0 Å². The molecule has 0 saturated carbocycles. The molecule has 0 aliphatic carbocycles. The van der Waals surface area contributed by atoms with Crippen molar-refractivity contribution in [2.24, 2.45) is 5.73 Å². The van der Waals surface area contributed by atoms with E-state index in [-0.39, 0.29) is 0 Å². The smallest absolute Gasteiger partial charge is 0.119 e. The highest BCUT2D eigenvalue weighted by molar-refractivity contribution is 7.99. The lowest BCUT2D eigenvalue weighted by atomic mass is 10.1. The van der Waals surface area contributed by atoms with Crippen LogP contribution >= 0.6 is 23.4 Å². The van der Waals surface area contributed by atoms with Gasteiger partial charge in [-0.2, -0.15) is 0 Å². The second kappa shape index (κ2) is 6.85. The van der Waals surface area contributed by atoms with Gasteiger partial charge in [-0.25, -0.2) is 0 Å². The lowest BCUT2D eigenvalue weighted by Gasteiger charge is -2.11. The SMILES string of the molecule is COc1cccc(Sc2c(Cl)cccc2CCN)c1. The zero-order valence-electron chi connectivity index (χ0n) is 10.7. The Morgan fingerprint density at radius 2 is 2.00 bits per heavy atom. The number of hydrogen-bond acceptors (Lipinski definition) is 3. The maximum absolute atomic E-state index is 6.30. The molecule has 0 fully saturated rings. The van der Waals surface area contributed by atoms with Crippen LogP contribution in [0.25, 0.3) is 0 Å². The number of benzene rings is 2. The predicted octanol–water partition coefficient (Wildman–Crippen LogP) is 4.00. The van der Waals surface area contributed by atoms with Crippen molar-refractivity contribution < 1.29 is 4.74 Å². The van der Waals surface area contributed by atoms with Gasteiger partial charge in [0.2, 0.25) is 0 Å². The van der Waals surface area contributed by atoms with Crippen LogP contribution in [0.5, 0.6) is 5.75 Å². The summed E-state index contributed by atoms with van der Waals surface area (Å²) in [6.07, 6.45) is 0.826. The van der Waals surface area contributed by atoms with Crippen LogP contribution in [0.15, 0.2) is 52.3 Å². The molecule has 0 radical (unpaired) electrons. The van der Waals surface area contributed by atoms with Crippen LogP contribution < -0.4 is 10.5 Å². The normalized spacial score (nSPS) is 10.5. The molecule has 4 heteroatoms. The van der Waals surface area contributed by atoms with Crippen molar-refractivity contribution in [2.45, 2.75) is 16.2 Å². The van der Waals surface area contributed by atoms with E-state index in [1.807, 2.05) is 36.4 Å². The zero-order chi connectivity index (χ0) is 13.7. The average molecular weight is 294 g/mol. The number of rotatable bonds is 5. The van der Waals surface area contributed by atoms with Gasteiger partial charge in [0.15, 0.2) is 0 Å². The topological polar surface area (TPSA) is 35.2 Å². The van der Waals surface area contributed by atoms with Crippen molar-refractivity contribution in [1.82, 2.24) is 0 Å². The van der Waals surface area contributed by atoms with Crippen LogP contribution in [0.4, 0.5) is 0 Å². The molecule has 100 valence electrons. The highest BCUT2D eigenvalue weighted by Gasteiger charge is 2.09. The molecule has 0 aliphatic heterocycles. The molecule has 0 aromatic heterocycles. The summed E-state index contributed by atoms with van der Waals surface area (Å²) < 4.78 is 5.23. The Bertz CT molecular complexity index is 560. The molecule has 0 amide bonds. The van der Waals surface area contributed by atoms with E-state index in [4.69, 9.17) is 22.1 Å². The van der Waals surface area contributed by atoms with Crippen molar-refractivity contribution >= 4 is 23.4 Å². The fourth-order valence-corrected chi connectivity index (χ4v) is 3.14. The number of methoxy groups -OCH3 is 1. The summed E-state index contributed by atoms with van der Waals surface area (Å²) in [5.41, 5.74) is 6.83. The largest absolute Gasteiger partial charge is 0.497 e. The molecule has 0 spiro atoms. The van der Waals surface area contributed by atoms with Gasteiger partial charge in [0, 0.05) is 9.79 Å². The summed E-state index contributed by atoms with van der Waals surface area (Å²) in [4.78, 5) is 2.17. The van der Waals surface area contributed by atoms with Crippen molar-refractivity contribution in [3.63, 3.8) is 0 Å². The van der Waals surface area contributed by atoms with Crippen molar-refractivity contribution in [1.29, 1.82) is 0 Å². The van der Waals surface area contributed by atoms with E-state index in [0.29, 0.717) is 6.54 Å². The number of halogens is 1. The van der Waals surface area contributed by atoms with E-state index in [1.54, 1.807) is 18.9 Å². The highest BCUT2D eigenvalue weighted by Crippen LogP contribution is 2.37. The summed E-state index contributed by atoms with van der Waals surface area (Å²) >= 11 is 7.94. The molecule has 0 heterocycles. The van der Waals surface area contributed by atoms with Crippen molar-refractivity contribution in [2.75, 3.05) is 13.7 Å². The molecule has 0 aliphatic rings. The third-order valence-electron chi connectivity index (χ3n) is 2.72. The van der Waals surface area contributed by atoms with E-state index >= 15 is 0 Å². The maximum atomic E-state index is 6.30. The van der Waals surface area contributed by atoms with Gasteiger partial charge in [-0.05, 0) is 42.8 Å². The van der Waals surface area contributed by atoms with Gasteiger partial charge in [0.1, 0.15) is 5.75 Å². The fourth-order valence-electron chi connectivity index (χ4n) is 1.80. The lowest BCUT2D eigenvalue weighted by molar-refractivity contribution is 0.413. The second-order valence-corrected chi connectivity index (χ2v) is 5.54. The Labute approximate surface area is 122 Å². The first-order valence-electron chi connectivity index (χ1n) is 6.04. The number of ether oxygens (including phenoxy) is 1. The predicted molar refractivity (Wildman–Crippen MR) is 81.3 cm³/mol. The van der Waals surface area contributed by atoms with E-state index in [1.165, 1.54) is 5.56 Å². The third kappa shape index (κ3) is 3.66. The second-order valence-electron chi connectivity index (χ2n) is 4.05. The quantitative estimate of drug-likeness (QED) is 0.905. The number of hydrogen-bond donors (Lipinski definition) is 1. The summed E-state index contributed by atoms with van der Waals surface area (Å²) in [6, 6.07) is 13.9. The Balaban J connectivity index is 2.31. The minimum absolute atomic E-state index is 0.617. The molecule has 2 nitrogen and oxygen atoms in total. The summed E-state index contributed by atoms with van der Waals surface area (Å²) in [5, 5.41) is 0.763. The monoisotopic (exact) mass is 293 g/mol. The molecule has 0 saturated heterocycles.